The largest absolute Gasteiger partial charge is 0.337 e. The quantitative estimate of drug-likeness (QED) is 0.582. The Labute approximate surface area is 93.1 Å². The summed E-state index contributed by atoms with van der Waals surface area (Å²) in [5, 5.41) is -0.719. The van der Waals surface area contributed by atoms with E-state index in [9.17, 15) is 0 Å². The van der Waals surface area contributed by atoms with Crippen molar-refractivity contribution in [1.29, 1.82) is 0 Å². The van der Waals surface area contributed by atoms with Gasteiger partial charge in [-0.1, -0.05) is 23.2 Å². The van der Waals surface area contributed by atoms with Crippen molar-refractivity contribution in [3.63, 3.8) is 0 Å². The van der Waals surface area contributed by atoms with Crippen LogP contribution >= 0.6 is 23.2 Å². The molecule has 8 atom stereocenters. The summed E-state index contributed by atoms with van der Waals surface area (Å²) in [6, 6.07) is 0. The third-order valence-corrected chi connectivity index (χ3v) is 6.83. The van der Waals surface area contributed by atoms with Gasteiger partial charge in [0.2, 0.25) is 0 Å². The van der Waals surface area contributed by atoms with Gasteiger partial charge in [0.1, 0.15) is 10.1 Å². The van der Waals surface area contributed by atoms with E-state index in [0.717, 1.165) is 36.5 Å². The first-order valence-electron chi connectivity index (χ1n) is 5.70. The van der Waals surface area contributed by atoms with E-state index in [1.165, 1.54) is 6.42 Å². The second kappa shape index (κ2) is 1.78. The second-order valence-corrected chi connectivity index (χ2v) is 7.30. The summed E-state index contributed by atoms with van der Waals surface area (Å²) in [6.45, 7) is 0. The van der Waals surface area contributed by atoms with Crippen LogP contribution in [0, 0.1) is 35.5 Å². The lowest BCUT2D eigenvalue weighted by molar-refractivity contribution is -0.0159. The molecular weight excluding hydrogens is 219 g/mol. The zero-order chi connectivity index (χ0) is 9.29. The number of alkyl halides is 2. The summed E-state index contributed by atoms with van der Waals surface area (Å²) in [7, 11) is 0. The number of fused-ring (bicyclic) bond motifs is 1. The molecule has 1 nitrogen and oxygen atoms in total. The van der Waals surface area contributed by atoms with Crippen molar-refractivity contribution in [1.82, 2.24) is 0 Å². The van der Waals surface area contributed by atoms with Gasteiger partial charge in [0.25, 0.3) is 0 Å². The van der Waals surface area contributed by atoms with E-state index in [0.29, 0.717) is 11.8 Å². The van der Waals surface area contributed by atoms with Crippen LogP contribution < -0.4 is 0 Å². The van der Waals surface area contributed by atoms with Gasteiger partial charge in [-0.15, -0.1) is 0 Å². The Kier molecular flexibility index (Phi) is 0.989. The summed E-state index contributed by atoms with van der Waals surface area (Å²) < 4.78 is 6.04. The normalized spacial score (nSPS) is 81.0. The van der Waals surface area contributed by atoms with E-state index in [-0.39, 0.29) is 10.1 Å². The zero-order valence-electron chi connectivity index (χ0n) is 7.75. The number of ether oxygens (including phenoxy) is 1. The van der Waals surface area contributed by atoms with Crippen LogP contribution in [-0.4, -0.2) is 10.1 Å². The predicted octanol–water partition coefficient (Wildman–Crippen LogP) is 2.81. The lowest BCUT2D eigenvalue weighted by Gasteiger charge is -2.24. The van der Waals surface area contributed by atoms with Gasteiger partial charge in [0.05, 0.1) is 0 Å². The van der Waals surface area contributed by atoms with E-state index in [1.54, 1.807) is 0 Å². The summed E-state index contributed by atoms with van der Waals surface area (Å²) in [6.07, 6.45) is 3.56. The maximum Gasteiger partial charge on any atom is 0.147 e. The van der Waals surface area contributed by atoms with Crippen LogP contribution in [0.1, 0.15) is 19.3 Å². The van der Waals surface area contributed by atoms with Crippen LogP contribution in [0.2, 0.25) is 0 Å². The molecular formula is C11H12Cl2O. The highest BCUT2D eigenvalue weighted by Crippen LogP contribution is 2.82. The van der Waals surface area contributed by atoms with Crippen molar-refractivity contribution in [2.45, 2.75) is 29.4 Å². The molecule has 1 aliphatic heterocycles. The van der Waals surface area contributed by atoms with E-state index in [1.807, 2.05) is 0 Å². The maximum absolute atomic E-state index is 6.62. The predicted molar refractivity (Wildman–Crippen MR) is 53.0 cm³/mol. The second-order valence-electron chi connectivity index (χ2n) is 6.03. The van der Waals surface area contributed by atoms with Crippen LogP contribution in [-0.2, 0) is 4.74 Å². The Hall–Kier alpha value is 0.540. The molecule has 5 rings (SSSR count). The fraction of sp³-hybridized carbons (Fsp3) is 1.00. The molecule has 76 valence electrons. The van der Waals surface area contributed by atoms with Gasteiger partial charge < -0.3 is 4.74 Å². The number of rotatable bonds is 0. The standard InChI is InChI=1S/C11H12Cl2O/c12-10-2-6-4-1-5-7(6)3-11(13,14-10)9(5)8(4)10/h4-9H,1-3H2/t4-,5+,6+,7-,8+,9-,10-,11+. The van der Waals surface area contributed by atoms with Crippen LogP contribution in [0.4, 0.5) is 0 Å². The average molecular weight is 231 g/mol. The van der Waals surface area contributed by atoms with Crippen LogP contribution in [0.25, 0.3) is 0 Å². The van der Waals surface area contributed by atoms with Gasteiger partial charge in [0.15, 0.2) is 0 Å². The first-order valence-corrected chi connectivity index (χ1v) is 6.46. The molecule has 0 aromatic carbocycles. The Morgan fingerprint density at radius 1 is 0.857 bits per heavy atom. The van der Waals surface area contributed by atoms with Crippen LogP contribution in [0.3, 0.4) is 0 Å². The number of hydrogen-bond donors (Lipinski definition) is 0. The molecule has 0 N–H and O–H groups in total. The Bertz CT molecular complexity index is 323. The molecule has 0 aromatic heterocycles. The molecule has 0 radical (unpaired) electrons. The molecule has 14 heavy (non-hydrogen) atoms. The van der Waals surface area contributed by atoms with E-state index in [2.05, 4.69) is 0 Å². The van der Waals surface area contributed by atoms with E-state index >= 15 is 0 Å². The van der Waals surface area contributed by atoms with Crippen molar-refractivity contribution in [3.8, 4) is 0 Å². The first-order chi connectivity index (χ1) is 6.62. The van der Waals surface area contributed by atoms with Crippen molar-refractivity contribution in [2.75, 3.05) is 0 Å². The van der Waals surface area contributed by atoms with Gasteiger partial charge >= 0.3 is 0 Å². The minimum absolute atomic E-state index is 0.359. The number of halogens is 2. The molecule has 4 saturated carbocycles. The smallest absolute Gasteiger partial charge is 0.147 e. The van der Waals surface area contributed by atoms with Crippen molar-refractivity contribution >= 4 is 23.2 Å². The third kappa shape index (κ3) is 0.522. The monoisotopic (exact) mass is 230 g/mol. The Morgan fingerprint density at radius 2 is 1.36 bits per heavy atom. The minimum atomic E-state index is -0.359. The van der Waals surface area contributed by atoms with Crippen LogP contribution in [0.5, 0.6) is 0 Å². The van der Waals surface area contributed by atoms with Gasteiger partial charge in [0, 0.05) is 11.8 Å². The number of hydrogen-bond acceptors (Lipinski definition) is 1. The molecule has 1 saturated heterocycles. The lowest BCUT2D eigenvalue weighted by Crippen LogP contribution is -2.27. The molecule has 0 spiro atoms. The molecule has 3 heteroatoms. The highest BCUT2D eigenvalue weighted by Gasteiger charge is 2.82. The fourth-order valence-corrected chi connectivity index (χ4v) is 7.12. The zero-order valence-corrected chi connectivity index (χ0v) is 9.26. The van der Waals surface area contributed by atoms with E-state index in [4.69, 9.17) is 27.9 Å². The van der Waals surface area contributed by atoms with Crippen molar-refractivity contribution in [3.05, 3.63) is 0 Å². The molecule has 5 fully saturated rings. The SMILES string of the molecule is Cl[C@]12C[C@@H]3[C@@H]4C[C@](Cl)(O1)[C@@H]1[C@H]4C[C@H]3[C@@H]12. The summed E-state index contributed by atoms with van der Waals surface area (Å²) in [5.74, 6) is 4.60. The Morgan fingerprint density at radius 3 is 1.86 bits per heavy atom. The molecule has 0 aromatic rings. The maximum atomic E-state index is 6.62. The highest BCUT2D eigenvalue weighted by molar-refractivity contribution is 6.27. The van der Waals surface area contributed by atoms with Gasteiger partial charge in [-0.2, -0.15) is 0 Å². The van der Waals surface area contributed by atoms with Gasteiger partial charge in [-0.25, -0.2) is 0 Å². The Balaban J connectivity index is 1.86. The molecule has 0 unspecified atom stereocenters. The highest BCUT2D eigenvalue weighted by atomic mass is 35.5. The molecule has 0 amide bonds. The fourth-order valence-electron chi connectivity index (χ4n) is 5.85. The van der Waals surface area contributed by atoms with Crippen LogP contribution in [0.15, 0.2) is 0 Å². The molecule has 5 aliphatic rings. The summed E-state index contributed by atoms with van der Waals surface area (Å²) in [4.78, 5) is 0. The van der Waals surface area contributed by atoms with E-state index < -0.39 is 0 Å². The minimum Gasteiger partial charge on any atom is -0.337 e. The molecule has 1 heterocycles. The molecule has 4 aliphatic carbocycles. The van der Waals surface area contributed by atoms with Crippen molar-refractivity contribution < 1.29 is 4.74 Å². The topological polar surface area (TPSA) is 9.23 Å². The summed E-state index contributed by atoms with van der Waals surface area (Å²) >= 11 is 13.2. The summed E-state index contributed by atoms with van der Waals surface area (Å²) in [5.41, 5.74) is 0. The molecule has 2 bridgehead atoms. The third-order valence-electron chi connectivity index (χ3n) is 5.87. The van der Waals surface area contributed by atoms with Crippen molar-refractivity contribution in [2.24, 2.45) is 35.5 Å². The first kappa shape index (κ1) is 7.76. The van der Waals surface area contributed by atoms with Gasteiger partial charge in [-0.3, -0.25) is 0 Å². The van der Waals surface area contributed by atoms with Gasteiger partial charge in [-0.05, 0) is 42.9 Å². The average Bonchev–Trinajstić information content (AvgIpc) is 2.69. The lowest BCUT2D eigenvalue weighted by atomic mass is 9.80.